The lowest BCUT2D eigenvalue weighted by Crippen LogP contribution is -2.23. The van der Waals surface area contributed by atoms with Crippen LogP contribution in [0.15, 0.2) is 48.5 Å². The Morgan fingerprint density at radius 1 is 1.14 bits per heavy atom. The number of carbonyl (C=O) groups excluding carboxylic acids is 1. The van der Waals surface area contributed by atoms with E-state index in [1.807, 2.05) is 25.1 Å². The second kappa shape index (κ2) is 7.43. The van der Waals surface area contributed by atoms with Crippen molar-refractivity contribution in [1.29, 1.82) is 0 Å². The summed E-state index contributed by atoms with van der Waals surface area (Å²) in [4.78, 5) is 11.9. The molecule has 0 saturated carbocycles. The number of anilines is 1. The molecular weight excluding hydrogens is 267 g/mol. The number of benzene rings is 2. The molecule has 0 aliphatic rings. The minimum absolute atomic E-state index is 0.0673. The van der Waals surface area contributed by atoms with E-state index in [4.69, 9.17) is 0 Å². The lowest BCUT2D eigenvalue weighted by molar-refractivity contribution is 0.0953. The van der Waals surface area contributed by atoms with Crippen LogP contribution in [0.25, 0.3) is 0 Å². The SMILES string of the molecule is CCCNC(=O)c1cccc(NCc2ccc(F)cc2)c1. The monoisotopic (exact) mass is 286 g/mol. The summed E-state index contributed by atoms with van der Waals surface area (Å²) in [5, 5.41) is 6.08. The van der Waals surface area contributed by atoms with E-state index in [0.29, 0.717) is 18.7 Å². The first-order valence-corrected chi connectivity index (χ1v) is 7.05. The maximum Gasteiger partial charge on any atom is 0.251 e. The van der Waals surface area contributed by atoms with Crippen LogP contribution in [0, 0.1) is 5.82 Å². The summed E-state index contributed by atoms with van der Waals surface area (Å²) >= 11 is 0. The molecule has 0 heterocycles. The van der Waals surface area contributed by atoms with Gasteiger partial charge in [-0.05, 0) is 42.3 Å². The van der Waals surface area contributed by atoms with Crippen molar-refractivity contribution in [3.63, 3.8) is 0 Å². The van der Waals surface area contributed by atoms with Crippen LogP contribution in [-0.2, 0) is 6.54 Å². The van der Waals surface area contributed by atoms with Crippen LogP contribution in [-0.4, -0.2) is 12.5 Å². The second-order valence-corrected chi connectivity index (χ2v) is 4.82. The average molecular weight is 286 g/mol. The highest BCUT2D eigenvalue weighted by Gasteiger charge is 2.05. The Kier molecular flexibility index (Phi) is 5.32. The van der Waals surface area contributed by atoms with Crippen molar-refractivity contribution in [2.24, 2.45) is 0 Å². The third kappa shape index (κ3) is 4.60. The molecular formula is C17H19FN2O. The lowest BCUT2D eigenvalue weighted by Gasteiger charge is -2.09. The van der Waals surface area contributed by atoms with E-state index in [9.17, 15) is 9.18 Å². The fourth-order valence-corrected chi connectivity index (χ4v) is 1.92. The van der Waals surface area contributed by atoms with Crippen LogP contribution >= 0.6 is 0 Å². The molecule has 2 rings (SSSR count). The second-order valence-electron chi connectivity index (χ2n) is 4.82. The van der Waals surface area contributed by atoms with Gasteiger partial charge in [-0.1, -0.05) is 25.1 Å². The predicted octanol–water partition coefficient (Wildman–Crippen LogP) is 3.58. The zero-order valence-corrected chi connectivity index (χ0v) is 12.0. The van der Waals surface area contributed by atoms with Gasteiger partial charge in [0.2, 0.25) is 0 Å². The van der Waals surface area contributed by atoms with Crippen molar-refractivity contribution in [3.8, 4) is 0 Å². The molecule has 0 radical (unpaired) electrons. The summed E-state index contributed by atoms with van der Waals surface area (Å²) in [5.41, 5.74) is 2.48. The van der Waals surface area contributed by atoms with Gasteiger partial charge in [0.1, 0.15) is 5.82 Å². The summed E-state index contributed by atoms with van der Waals surface area (Å²) < 4.78 is 12.8. The van der Waals surface area contributed by atoms with Gasteiger partial charge in [-0.3, -0.25) is 4.79 Å². The summed E-state index contributed by atoms with van der Waals surface area (Å²) in [5.74, 6) is -0.310. The van der Waals surface area contributed by atoms with Gasteiger partial charge in [0.25, 0.3) is 5.91 Å². The van der Waals surface area contributed by atoms with Crippen LogP contribution in [0.2, 0.25) is 0 Å². The minimum Gasteiger partial charge on any atom is -0.381 e. The first kappa shape index (κ1) is 15.0. The highest BCUT2D eigenvalue weighted by atomic mass is 19.1. The molecule has 0 aromatic heterocycles. The zero-order chi connectivity index (χ0) is 15.1. The first-order chi connectivity index (χ1) is 10.2. The number of rotatable bonds is 6. The quantitative estimate of drug-likeness (QED) is 0.852. The van der Waals surface area contributed by atoms with E-state index < -0.39 is 0 Å². The molecule has 2 N–H and O–H groups in total. The van der Waals surface area contributed by atoms with Gasteiger partial charge in [0.05, 0.1) is 0 Å². The molecule has 0 saturated heterocycles. The molecule has 1 amide bonds. The zero-order valence-electron chi connectivity index (χ0n) is 12.0. The molecule has 4 heteroatoms. The van der Waals surface area contributed by atoms with Gasteiger partial charge in [-0.25, -0.2) is 4.39 Å². The van der Waals surface area contributed by atoms with Crippen LogP contribution in [0.5, 0.6) is 0 Å². The maximum atomic E-state index is 12.8. The van der Waals surface area contributed by atoms with Gasteiger partial charge >= 0.3 is 0 Å². The molecule has 0 aliphatic heterocycles. The minimum atomic E-state index is -0.242. The fraction of sp³-hybridized carbons (Fsp3) is 0.235. The topological polar surface area (TPSA) is 41.1 Å². The Morgan fingerprint density at radius 2 is 1.90 bits per heavy atom. The normalized spacial score (nSPS) is 10.2. The van der Waals surface area contributed by atoms with E-state index in [2.05, 4.69) is 10.6 Å². The Bertz CT molecular complexity index is 596. The summed E-state index contributed by atoms with van der Waals surface area (Å²) in [6, 6.07) is 13.7. The Balaban J connectivity index is 1.97. The number of carbonyl (C=O) groups is 1. The Hall–Kier alpha value is -2.36. The largest absolute Gasteiger partial charge is 0.381 e. The molecule has 3 nitrogen and oxygen atoms in total. The molecule has 0 atom stereocenters. The molecule has 0 spiro atoms. The van der Waals surface area contributed by atoms with Gasteiger partial charge in [-0.15, -0.1) is 0 Å². The third-order valence-corrected chi connectivity index (χ3v) is 3.07. The molecule has 0 aliphatic carbocycles. The molecule has 0 fully saturated rings. The molecule has 2 aromatic carbocycles. The average Bonchev–Trinajstić information content (AvgIpc) is 2.52. The maximum absolute atomic E-state index is 12.8. The first-order valence-electron chi connectivity index (χ1n) is 7.05. The standard InChI is InChI=1S/C17H19FN2O/c1-2-10-19-17(21)14-4-3-5-16(11-14)20-12-13-6-8-15(18)9-7-13/h3-9,11,20H,2,10,12H2,1H3,(H,19,21). The van der Waals surface area contributed by atoms with Crippen molar-refractivity contribution in [2.75, 3.05) is 11.9 Å². The van der Waals surface area contributed by atoms with Crippen LogP contribution in [0.4, 0.5) is 10.1 Å². The highest BCUT2D eigenvalue weighted by Crippen LogP contribution is 2.12. The lowest BCUT2D eigenvalue weighted by atomic mass is 10.1. The van der Waals surface area contributed by atoms with Crippen LogP contribution in [0.3, 0.4) is 0 Å². The van der Waals surface area contributed by atoms with Crippen molar-refractivity contribution in [2.45, 2.75) is 19.9 Å². The summed E-state index contributed by atoms with van der Waals surface area (Å²) in [6.45, 7) is 3.27. The van der Waals surface area contributed by atoms with E-state index in [1.54, 1.807) is 18.2 Å². The number of nitrogens with one attached hydrogen (secondary N) is 2. The van der Waals surface area contributed by atoms with Crippen LogP contribution < -0.4 is 10.6 Å². The van der Waals surface area contributed by atoms with Crippen molar-refractivity contribution < 1.29 is 9.18 Å². The smallest absolute Gasteiger partial charge is 0.251 e. The van der Waals surface area contributed by atoms with Crippen molar-refractivity contribution >= 4 is 11.6 Å². The van der Waals surface area contributed by atoms with Gasteiger partial charge < -0.3 is 10.6 Å². The molecule has 2 aromatic rings. The molecule has 0 unspecified atom stereocenters. The van der Waals surface area contributed by atoms with Crippen LogP contribution in [0.1, 0.15) is 29.3 Å². The molecule has 21 heavy (non-hydrogen) atoms. The van der Waals surface area contributed by atoms with Gasteiger partial charge in [0, 0.05) is 24.3 Å². The number of hydrogen-bond acceptors (Lipinski definition) is 2. The van der Waals surface area contributed by atoms with E-state index in [-0.39, 0.29) is 11.7 Å². The Morgan fingerprint density at radius 3 is 2.62 bits per heavy atom. The van der Waals surface area contributed by atoms with Gasteiger partial charge in [-0.2, -0.15) is 0 Å². The van der Waals surface area contributed by atoms with E-state index >= 15 is 0 Å². The summed E-state index contributed by atoms with van der Waals surface area (Å²) in [7, 11) is 0. The number of halogens is 1. The number of hydrogen-bond donors (Lipinski definition) is 2. The van der Waals surface area contributed by atoms with E-state index in [0.717, 1.165) is 17.7 Å². The molecule has 0 bridgehead atoms. The van der Waals surface area contributed by atoms with Crippen molar-refractivity contribution in [3.05, 3.63) is 65.5 Å². The third-order valence-electron chi connectivity index (χ3n) is 3.07. The fourth-order valence-electron chi connectivity index (χ4n) is 1.92. The van der Waals surface area contributed by atoms with Crippen molar-refractivity contribution in [1.82, 2.24) is 5.32 Å². The highest BCUT2D eigenvalue weighted by molar-refractivity contribution is 5.95. The predicted molar refractivity (Wildman–Crippen MR) is 82.8 cm³/mol. The van der Waals surface area contributed by atoms with Gasteiger partial charge in [0.15, 0.2) is 0 Å². The summed E-state index contributed by atoms with van der Waals surface area (Å²) in [6.07, 6.45) is 0.911. The van der Waals surface area contributed by atoms with E-state index in [1.165, 1.54) is 12.1 Å². The number of amides is 1. The molecule has 110 valence electrons. The Labute approximate surface area is 124 Å².